The van der Waals surface area contributed by atoms with Crippen LogP contribution < -0.4 is 0 Å². The van der Waals surface area contributed by atoms with Crippen LogP contribution >= 0.6 is 0 Å². The third-order valence-electron chi connectivity index (χ3n) is 3.86. The van der Waals surface area contributed by atoms with Crippen LogP contribution in [0.25, 0.3) is 0 Å². The van der Waals surface area contributed by atoms with Gasteiger partial charge in [-0.2, -0.15) is 5.26 Å². The van der Waals surface area contributed by atoms with Gasteiger partial charge in [-0.25, -0.2) is 0 Å². The second kappa shape index (κ2) is 5.79. The highest BCUT2D eigenvalue weighted by Crippen LogP contribution is 2.33. The molecule has 3 heteroatoms. The molecule has 1 aromatic carbocycles. The highest BCUT2D eigenvalue weighted by molar-refractivity contribution is 5.68. The first kappa shape index (κ1) is 12.8. The van der Waals surface area contributed by atoms with E-state index in [-0.39, 0.29) is 5.41 Å². The Bertz CT molecular complexity index is 428. The molecule has 0 atom stereocenters. The van der Waals surface area contributed by atoms with E-state index in [1.807, 2.05) is 30.3 Å². The van der Waals surface area contributed by atoms with Crippen molar-refractivity contribution in [2.24, 2.45) is 0 Å². The van der Waals surface area contributed by atoms with E-state index in [1.54, 1.807) is 0 Å². The predicted octanol–water partition coefficient (Wildman–Crippen LogP) is 2.13. The number of carbonyl (C=O) groups excluding carboxylic acids is 1. The summed E-state index contributed by atoms with van der Waals surface area (Å²) in [5.41, 5.74) is 0.810. The van der Waals surface area contributed by atoms with E-state index in [0.29, 0.717) is 6.42 Å². The standard InChI is InChI=1S/C15H18N2O/c16-9-4-10-17-11-7-15(13-18,8-12-17)14-5-2-1-3-6-14/h1-3,5-6,13H,4,7-8,10-12H2. The number of carbonyl (C=O) groups is 1. The molecule has 1 aromatic rings. The van der Waals surface area contributed by atoms with Gasteiger partial charge in [0.05, 0.1) is 11.5 Å². The normalized spacial score (nSPS) is 19.1. The predicted molar refractivity (Wildman–Crippen MR) is 70.1 cm³/mol. The smallest absolute Gasteiger partial charge is 0.130 e. The molecule has 0 aliphatic carbocycles. The van der Waals surface area contributed by atoms with Crippen molar-refractivity contribution >= 4 is 6.29 Å². The molecule has 94 valence electrons. The largest absolute Gasteiger partial charge is 0.302 e. The van der Waals surface area contributed by atoms with Gasteiger partial charge in [-0.1, -0.05) is 30.3 Å². The average Bonchev–Trinajstić information content (AvgIpc) is 2.46. The zero-order valence-electron chi connectivity index (χ0n) is 10.5. The topological polar surface area (TPSA) is 44.1 Å². The highest BCUT2D eigenvalue weighted by atomic mass is 16.1. The number of hydrogen-bond donors (Lipinski definition) is 0. The van der Waals surface area contributed by atoms with Crippen LogP contribution in [0, 0.1) is 11.3 Å². The van der Waals surface area contributed by atoms with Gasteiger partial charge in [0.2, 0.25) is 0 Å². The van der Waals surface area contributed by atoms with E-state index >= 15 is 0 Å². The van der Waals surface area contributed by atoms with Crippen molar-refractivity contribution < 1.29 is 4.79 Å². The lowest BCUT2D eigenvalue weighted by Crippen LogP contribution is -2.43. The summed E-state index contributed by atoms with van der Waals surface area (Å²) in [6, 6.07) is 12.2. The van der Waals surface area contributed by atoms with Gasteiger partial charge in [0.25, 0.3) is 0 Å². The Morgan fingerprint density at radius 3 is 2.50 bits per heavy atom. The molecule has 18 heavy (non-hydrogen) atoms. The Balaban J connectivity index is 2.05. The summed E-state index contributed by atoms with van der Waals surface area (Å²) < 4.78 is 0. The van der Waals surface area contributed by atoms with Gasteiger partial charge >= 0.3 is 0 Å². The zero-order chi connectivity index (χ0) is 12.8. The van der Waals surface area contributed by atoms with Gasteiger partial charge < -0.3 is 9.69 Å². The van der Waals surface area contributed by atoms with Gasteiger partial charge in [0.15, 0.2) is 0 Å². The SMILES string of the molecule is N#CCCN1CCC(C=O)(c2ccccc2)CC1. The summed E-state index contributed by atoms with van der Waals surface area (Å²) in [4.78, 5) is 13.8. The Hall–Kier alpha value is -1.66. The van der Waals surface area contributed by atoms with Gasteiger partial charge in [-0.3, -0.25) is 0 Å². The van der Waals surface area contributed by atoms with Crippen molar-refractivity contribution in [1.82, 2.24) is 4.90 Å². The van der Waals surface area contributed by atoms with Crippen LogP contribution in [0.15, 0.2) is 30.3 Å². The number of rotatable bonds is 4. The monoisotopic (exact) mass is 242 g/mol. The minimum Gasteiger partial charge on any atom is -0.302 e. The molecule has 0 spiro atoms. The number of nitriles is 1. The van der Waals surface area contributed by atoms with E-state index < -0.39 is 0 Å². The second-order valence-electron chi connectivity index (χ2n) is 4.89. The third kappa shape index (κ3) is 2.60. The number of hydrogen-bond acceptors (Lipinski definition) is 3. The molecule has 0 saturated carbocycles. The van der Waals surface area contributed by atoms with E-state index in [1.165, 1.54) is 0 Å². The van der Waals surface area contributed by atoms with Crippen LogP contribution in [0.5, 0.6) is 0 Å². The summed E-state index contributed by atoms with van der Waals surface area (Å²) in [5.74, 6) is 0. The molecule has 1 fully saturated rings. The summed E-state index contributed by atoms with van der Waals surface area (Å²) in [7, 11) is 0. The van der Waals surface area contributed by atoms with E-state index in [9.17, 15) is 4.79 Å². The van der Waals surface area contributed by atoms with Gasteiger partial charge in [-0.15, -0.1) is 0 Å². The summed E-state index contributed by atoms with van der Waals surface area (Å²) in [5, 5.41) is 8.59. The summed E-state index contributed by atoms with van der Waals surface area (Å²) in [6.45, 7) is 2.62. The van der Waals surface area contributed by atoms with Crippen LogP contribution in [0.1, 0.15) is 24.8 Å². The zero-order valence-corrected chi connectivity index (χ0v) is 10.5. The number of benzene rings is 1. The highest BCUT2D eigenvalue weighted by Gasteiger charge is 2.35. The molecule has 0 bridgehead atoms. The number of likely N-dealkylation sites (tertiary alicyclic amines) is 1. The summed E-state index contributed by atoms with van der Waals surface area (Å²) in [6.07, 6.45) is 3.39. The lowest BCUT2D eigenvalue weighted by molar-refractivity contribution is -0.114. The first-order valence-corrected chi connectivity index (χ1v) is 6.42. The van der Waals surface area contributed by atoms with Crippen molar-refractivity contribution in [2.75, 3.05) is 19.6 Å². The van der Waals surface area contributed by atoms with Crippen molar-refractivity contribution in [3.05, 3.63) is 35.9 Å². The van der Waals surface area contributed by atoms with E-state index in [4.69, 9.17) is 5.26 Å². The maximum Gasteiger partial charge on any atom is 0.130 e. The maximum atomic E-state index is 11.5. The lowest BCUT2D eigenvalue weighted by Gasteiger charge is -2.38. The second-order valence-corrected chi connectivity index (χ2v) is 4.89. The minimum absolute atomic E-state index is 0.315. The molecule has 1 heterocycles. The van der Waals surface area contributed by atoms with Crippen LogP contribution in [0.4, 0.5) is 0 Å². The molecule has 0 radical (unpaired) electrons. The van der Waals surface area contributed by atoms with Crippen molar-refractivity contribution in [2.45, 2.75) is 24.7 Å². The number of aldehydes is 1. The van der Waals surface area contributed by atoms with Crippen molar-refractivity contribution in [3.8, 4) is 6.07 Å². The molecule has 1 aliphatic rings. The fraction of sp³-hybridized carbons (Fsp3) is 0.467. The molecule has 0 aromatic heterocycles. The first-order valence-electron chi connectivity index (χ1n) is 6.42. The van der Waals surface area contributed by atoms with Crippen LogP contribution in [0.2, 0.25) is 0 Å². The fourth-order valence-corrected chi connectivity index (χ4v) is 2.63. The molecule has 0 amide bonds. The number of nitrogens with zero attached hydrogens (tertiary/aromatic N) is 2. The molecule has 0 N–H and O–H groups in total. The fourth-order valence-electron chi connectivity index (χ4n) is 2.63. The molecular formula is C15H18N2O. The van der Waals surface area contributed by atoms with Crippen LogP contribution in [-0.4, -0.2) is 30.8 Å². The molecule has 0 unspecified atom stereocenters. The Kier molecular flexibility index (Phi) is 4.11. The Morgan fingerprint density at radius 2 is 1.94 bits per heavy atom. The lowest BCUT2D eigenvalue weighted by atomic mass is 9.74. The van der Waals surface area contributed by atoms with Crippen LogP contribution in [-0.2, 0) is 10.2 Å². The van der Waals surface area contributed by atoms with Crippen molar-refractivity contribution in [1.29, 1.82) is 5.26 Å². The number of piperidine rings is 1. The van der Waals surface area contributed by atoms with E-state index in [0.717, 1.165) is 44.3 Å². The maximum absolute atomic E-state index is 11.5. The van der Waals surface area contributed by atoms with Gasteiger partial charge in [0, 0.05) is 13.0 Å². The molecule has 1 aliphatic heterocycles. The minimum atomic E-state index is -0.315. The average molecular weight is 242 g/mol. The Labute approximate surface area is 108 Å². The third-order valence-corrected chi connectivity index (χ3v) is 3.86. The molecular weight excluding hydrogens is 224 g/mol. The summed E-state index contributed by atoms with van der Waals surface area (Å²) >= 11 is 0. The molecule has 2 rings (SSSR count). The Morgan fingerprint density at radius 1 is 1.28 bits per heavy atom. The van der Waals surface area contributed by atoms with Gasteiger partial charge in [-0.05, 0) is 31.5 Å². The van der Waals surface area contributed by atoms with Crippen molar-refractivity contribution in [3.63, 3.8) is 0 Å². The molecule has 1 saturated heterocycles. The quantitative estimate of drug-likeness (QED) is 0.760. The molecule has 3 nitrogen and oxygen atoms in total. The van der Waals surface area contributed by atoms with Gasteiger partial charge in [0.1, 0.15) is 6.29 Å². The first-order chi connectivity index (χ1) is 8.80. The van der Waals surface area contributed by atoms with E-state index in [2.05, 4.69) is 11.0 Å². The van der Waals surface area contributed by atoms with Crippen LogP contribution in [0.3, 0.4) is 0 Å².